The molecule has 0 radical (unpaired) electrons. The summed E-state index contributed by atoms with van der Waals surface area (Å²) in [7, 11) is 0. The molecule has 29 heavy (non-hydrogen) atoms. The molecule has 150 valence electrons. The van der Waals surface area contributed by atoms with E-state index in [0.717, 1.165) is 34.5 Å². The number of anilines is 1. The quantitative estimate of drug-likeness (QED) is 0.207. The van der Waals surface area contributed by atoms with E-state index in [1.807, 2.05) is 41.7 Å². The monoisotopic (exact) mass is 458 g/mol. The highest BCUT2D eigenvalue weighted by Crippen LogP contribution is 2.23. The normalized spacial score (nSPS) is 10.5. The molecule has 0 fully saturated rings. The van der Waals surface area contributed by atoms with Crippen LogP contribution >= 0.6 is 47.3 Å². The first-order chi connectivity index (χ1) is 14.2. The summed E-state index contributed by atoms with van der Waals surface area (Å²) in [4.78, 5) is 1.29. The van der Waals surface area contributed by atoms with Crippen LogP contribution in [0, 0.1) is 0 Å². The Bertz CT molecular complexity index is 884. The van der Waals surface area contributed by atoms with Crippen LogP contribution < -0.4 is 10.6 Å². The number of thioether (sulfide) groups is 2. The molecule has 0 heterocycles. The van der Waals surface area contributed by atoms with Crippen LogP contribution in [0.3, 0.4) is 0 Å². The van der Waals surface area contributed by atoms with E-state index < -0.39 is 0 Å². The van der Waals surface area contributed by atoms with Crippen molar-refractivity contribution < 1.29 is 0 Å². The molecular formula is C23H23ClN2S3. The first-order valence-corrected chi connectivity index (χ1v) is 12.3. The second kappa shape index (κ2) is 12.1. The summed E-state index contributed by atoms with van der Waals surface area (Å²) < 4.78 is 0. The molecule has 2 N–H and O–H groups in total. The number of rotatable bonds is 9. The SMILES string of the molecule is S=C(NCCSCc1ccc(Cl)cc1)Nc1ccc(CSc2ccccc2)cc1. The van der Waals surface area contributed by atoms with Gasteiger partial charge < -0.3 is 10.6 Å². The maximum atomic E-state index is 5.91. The minimum Gasteiger partial charge on any atom is -0.362 e. The number of hydrogen-bond donors (Lipinski definition) is 2. The molecule has 0 aliphatic carbocycles. The van der Waals surface area contributed by atoms with E-state index in [2.05, 4.69) is 71.3 Å². The molecule has 0 aliphatic rings. The van der Waals surface area contributed by atoms with Crippen molar-refractivity contribution in [2.45, 2.75) is 16.4 Å². The molecule has 3 rings (SSSR count). The maximum absolute atomic E-state index is 5.91. The molecule has 3 aromatic rings. The van der Waals surface area contributed by atoms with Gasteiger partial charge in [-0.3, -0.25) is 0 Å². The van der Waals surface area contributed by atoms with Crippen LogP contribution in [0.25, 0.3) is 0 Å². The first kappa shape index (κ1) is 22.0. The fraction of sp³-hybridized carbons (Fsp3) is 0.174. The van der Waals surface area contributed by atoms with Gasteiger partial charge in [0, 0.05) is 39.4 Å². The summed E-state index contributed by atoms with van der Waals surface area (Å²) in [6.07, 6.45) is 0. The van der Waals surface area contributed by atoms with Crippen molar-refractivity contribution in [3.8, 4) is 0 Å². The summed E-state index contributed by atoms with van der Waals surface area (Å²) in [5.41, 5.74) is 3.58. The molecule has 0 aromatic heterocycles. The number of halogens is 1. The van der Waals surface area contributed by atoms with Gasteiger partial charge in [0.15, 0.2) is 5.11 Å². The van der Waals surface area contributed by atoms with Gasteiger partial charge in [-0.05, 0) is 59.7 Å². The van der Waals surface area contributed by atoms with Gasteiger partial charge in [-0.25, -0.2) is 0 Å². The lowest BCUT2D eigenvalue weighted by Crippen LogP contribution is -2.30. The van der Waals surface area contributed by atoms with Crippen LogP contribution in [0.2, 0.25) is 5.02 Å². The molecule has 0 saturated heterocycles. The zero-order valence-electron chi connectivity index (χ0n) is 15.9. The van der Waals surface area contributed by atoms with Crippen LogP contribution in [-0.4, -0.2) is 17.4 Å². The Morgan fingerprint density at radius 3 is 2.21 bits per heavy atom. The van der Waals surface area contributed by atoms with Crippen LogP contribution in [-0.2, 0) is 11.5 Å². The number of nitrogens with one attached hydrogen (secondary N) is 2. The van der Waals surface area contributed by atoms with E-state index in [4.69, 9.17) is 23.8 Å². The molecule has 0 aliphatic heterocycles. The third-order valence-electron chi connectivity index (χ3n) is 4.07. The number of hydrogen-bond acceptors (Lipinski definition) is 3. The van der Waals surface area contributed by atoms with E-state index in [0.29, 0.717) is 5.11 Å². The van der Waals surface area contributed by atoms with E-state index in [1.54, 1.807) is 0 Å². The zero-order chi connectivity index (χ0) is 20.3. The molecule has 0 saturated carbocycles. The Kier molecular flexibility index (Phi) is 9.22. The van der Waals surface area contributed by atoms with Crippen molar-refractivity contribution in [3.63, 3.8) is 0 Å². The van der Waals surface area contributed by atoms with Crippen molar-refractivity contribution >= 4 is 58.1 Å². The maximum Gasteiger partial charge on any atom is 0.170 e. The highest BCUT2D eigenvalue weighted by Gasteiger charge is 2.00. The topological polar surface area (TPSA) is 24.1 Å². The van der Waals surface area contributed by atoms with Crippen LogP contribution in [0.5, 0.6) is 0 Å². The van der Waals surface area contributed by atoms with Crippen LogP contribution in [0.4, 0.5) is 5.69 Å². The highest BCUT2D eigenvalue weighted by atomic mass is 35.5. The third kappa shape index (κ3) is 8.31. The molecule has 0 bridgehead atoms. The van der Waals surface area contributed by atoms with E-state index >= 15 is 0 Å². The van der Waals surface area contributed by atoms with Gasteiger partial charge in [-0.2, -0.15) is 11.8 Å². The standard InChI is InChI=1S/C23H23ClN2S3/c24-20-10-6-18(7-11-20)16-28-15-14-25-23(27)26-21-12-8-19(9-13-21)17-29-22-4-2-1-3-5-22/h1-13H,14-17H2,(H2,25,26,27). The minimum absolute atomic E-state index is 0.656. The lowest BCUT2D eigenvalue weighted by Gasteiger charge is -2.11. The van der Waals surface area contributed by atoms with Gasteiger partial charge in [0.2, 0.25) is 0 Å². The van der Waals surface area contributed by atoms with Crippen molar-refractivity contribution in [1.29, 1.82) is 0 Å². The second-order valence-electron chi connectivity index (χ2n) is 6.36. The molecule has 2 nitrogen and oxygen atoms in total. The van der Waals surface area contributed by atoms with Gasteiger partial charge in [0.25, 0.3) is 0 Å². The largest absolute Gasteiger partial charge is 0.362 e. The zero-order valence-corrected chi connectivity index (χ0v) is 19.1. The highest BCUT2D eigenvalue weighted by molar-refractivity contribution is 7.98. The molecule has 0 amide bonds. The lowest BCUT2D eigenvalue weighted by atomic mass is 10.2. The molecule has 0 unspecified atom stereocenters. The summed E-state index contributed by atoms with van der Waals surface area (Å²) in [5, 5.41) is 7.94. The van der Waals surface area contributed by atoms with Gasteiger partial charge in [0.1, 0.15) is 0 Å². The Balaban J connectivity index is 1.32. The summed E-state index contributed by atoms with van der Waals surface area (Å²) in [6, 6.07) is 26.9. The lowest BCUT2D eigenvalue weighted by molar-refractivity contribution is 0.990. The van der Waals surface area contributed by atoms with E-state index in [1.165, 1.54) is 16.0 Å². The van der Waals surface area contributed by atoms with Crippen LogP contribution in [0.1, 0.15) is 11.1 Å². The van der Waals surface area contributed by atoms with Gasteiger partial charge in [0.05, 0.1) is 0 Å². The summed E-state index contributed by atoms with van der Waals surface area (Å²) in [6.45, 7) is 0.829. The minimum atomic E-state index is 0.656. The Morgan fingerprint density at radius 2 is 1.48 bits per heavy atom. The number of benzene rings is 3. The summed E-state index contributed by atoms with van der Waals surface area (Å²) >= 11 is 15.0. The van der Waals surface area contributed by atoms with Gasteiger partial charge in [-0.1, -0.05) is 54.1 Å². The predicted molar refractivity (Wildman–Crippen MR) is 134 cm³/mol. The molecule has 6 heteroatoms. The van der Waals surface area contributed by atoms with Crippen molar-refractivity contribution in [2.24, 2.45) is 0 Å². The second-order valence-corrected chi connectivity index (χ2v) is 9.36. The molecule has 0 atom stereocenters. The third-order valence-corrected chi connectivity index (χ3v) is 6.69. The smallest absolute Gasteiger partial charge is 0.170 e. The van der Waals surface area contributed by atoms with E-state index in [-0.39, 0.29) is 0 Å². The number of thiocarbonyl (C=S) groups is 1. The Labute approximate surface area is 191 Å². The van der Waals surface area contributed by atoms with Crippen molar-refractivity contribution in [3.05, 3.63) is 95.0 Å². The van der Waals surface area contributed by atoms with Crippen LogP contribution in [0.15, 0.2) is 83.8 Å². The van der Waals surface area contributed by atoms with Crippen molar-refractivity contribution in [1.82, 2.24) is 5.32 Å². The van der Waals surface area contributed by atoms with Gasteiger partial charge >= 0.3 is 0 Å². The van der Waals surface area contributed by atoms with Gasteiger partial charge in [-0.15, -0.1) is 11.8 Å². The Morgan fingerprint density at radius 1 is 0.828 bits per heavy atom. The fourth-order valence-corrected chi connectivity index (χ4v) is 4.59. The first-order valence-electron chi connectivity index (χ1n) is 9.33. The molecule has 0 spiro atoms. The average Bonchev–Trinajstić information content (AvgIpc) is 2.75. The Hall–Kier alpha value is -1.66. The predicted octanol–water partition coefficient (Wildman–Crippen LogP) is 6.85. The molecular weight excluding hydrogens is 436 g/mol. The molecule has 3 aromatic carbocycles. The van der Waals surface area contributed by atoms with E-state index in [9.17, 15) is 0 Å². The average molecular weight is 459 g/mol. The van der Waals surface area contributed by atoms with Crippen molar-refractivity contribution in [2.75, 3.05) is 17.6 Å². The fourth-order valence-electron chi connectivity index (χ4n) is 2.55. The summed E-state index contributed by atoms with van der Waals surface area (Å²) in [5.74, 6) is 2.92.